The lowest BCUT2D eigenvalue weighted by Crippen LogP contribution is -2.17. The third-order valence-electron chi connectivity index (χ3n) is 3.24. The van der Waals surface area contributed by atoms with Crippen molar-refractivity contribution in [2.75, 3.05) is 0 Å². The first-order valence-electron chi connectivity index (χ1n) is 5.73. The van der Waals surface area contributed by atoms with Crippen molar-refractivity contribution in [3.05, 3.63) is 34.1 Å². The summed E-state index contributed by atoms with van der Waals surface area (Å²) >= 11 is 9.41. The first-order valence-corrected chi connectivity index (χ1v) is 6.96. The first-order chi connectivity index (χ1) is 7.65. The summed E-state index contributed by atoms with van der Waals surface area (Å²) in [6.45, 7) is 0. The van der Waals surface area contributed by atoms with Crippen molar-refractivity contribution in [3.63, 3.8) is 0 Å². The minimum Gasteiger partial charge on any atom is -0.207 e. The molecule has 3 heteroatoms. The van der Waals surface area contributed by atoms with Crippen LogP contribution < -0.4 is 0 Å². The molecule has 88 valence electrons. The van der Waals surface area contributed by atoms with Gasteiger partial charge in [0.1, 0.15) is 5.82 Å². The van der Waals surface area contributed by atoms with Crippen LogP contribution >= 0.6 is 27.5 Å². The molecule has 2 rings (SSSR count). The summed E-state index contributed by atoms with van der Waals surface area (Å²) in [6.07, 6.45) is 5.32. The van der Waals surface area contributed by atoms with Gasteiger partial charge in [-0.15, -0.1) is 11.6 Å². The zero-order valence-electron chi connectivity index (χ0n) is 9.06. The first kappa shape index (κ1) is 12.4. The van der Waals surface area contributed by atoms with E-state index in [1.165, 1.54) is 18.9 Å². The van der Waals surface area contributed by atoms with Crippen molar-refractivity contribution in [1.29, 1.82) is 0 Å². The SMILES string of the molecule is Fc1cc(Br)ccc1CC1CCCC(Cl)C1. The van der Waals surface area contributed by atoms with Gasteiger partial charge in [-0.05, 0) is 42.9 Å². The van der Waals surface area contributed by atoms with Gasteiger partial charge in [-0.2, -0.15) is 0 Å². The van der Waals surface area contributed by atoms with Crippen LogP contribution in [0.2, 0.25) is 0 Å². The highest BCUT2D eigenvalue weighted by Crippen LogP contribution is 2.31. The molecule has 1 aliphatic carbocycles. The van der Waals surface area contributed by atoms with E-state index in [1.54, 1.807) is 0 Å². The van der Waals surface area contributed by atoms with Gasteiger partial charge in [0, 0.05) is 9.85 Å². The molecule has 0 bridgehead atoms. The molecule has 0 nitrogen and oxygen atoms in total. The molecule has 1 fully saturated rings. The highest BCUT2D eigenvalue weighted by atomic mass is 79.9. The average molecular weight is 306 g/mol. The lowest BCUT2D eigenvalue weighted by Gasteiger charge is -2.25. The van der Waals surface area contributed by atoms with E-state index in [2.05, 4.69) is 15.9 Å². The summed E-state index contributed by atoms with van der Waals surface area (Å²) in [6, 6.07) is 5.31. The maximum Gasteiger partial charge on any atom is 0.127 e. The van der Waals surface area contributed by atoms with E-state index in [0.29, 0.717) is 5.92 Å². The summed E-state index contributed by atoms with van der Waals surface area (Å²) < 4.78 is 14.4. The largest absolute Gasteiger partial charge is 0.207 e. The second-order valence-electron chi connectivity index (χ2n) is 4.57. The van der Waals surface area contributed by atoms with Gasteiger partial charge in [0.2, 0.25) is 0 Å². The minimum atomic E-state index is -0.105. The molecule has 0 spiro atoms. The standard InChI is InChI=1S/C13H15BrClF/c14-11-5-4-10(13(16)8-11)6-9-2-1-3-12(15)7-9/h4-5,8-9,12H,1-3,6-7H2. The molecule has 0 saturated heterocycles. The lowest BCUT2D eigenvalue weighted by atomic mass is 9.84. The van der Waals surface area contributed by atoms with E-state index in [1.807, 2.05) is 12.1 Å². The van der Waals surface area contributed by atoms with Gasteiger partial charge >= 0.3 is 0 Å². The highest BCUT2D eigenvalue weighted by molar-refractivity contribution is 9.10. The number of rotatable bonds is 2. The van der Waals surface area contributed by atoms with Crippen molar-refractivity contribution >= 4 is 27.5 Å². The van der Waals surface area contributed by atoms with Crippen LogP contribution in [0.5, 0.6) is 0 Å². The number of halogens is 3. The predicted octanol–water partition coefficient (Wildman–Crippen LogP) is 4.93. The Hall–Kier alpha value is -0.0800. The van der Waals surface area contributed by atoms with Crippen molar-refractivity contribution < 1.29 is 4.39 Å². The molecule has 0 heterocycles. The third-order valence-corrected chi connectivity index (χ3v) is 4.13. The Morgan fingerprint density at radius 2 is 2.19 bits per heavy atom. The van der Waals surface area contributed by atoms with Crippen molar-refractivity contribution in [2.24, 2.45) is 5.92 Å². The lowest BCUT2D eigenvalue weighted by molar-refractivity contribution is 0.357. The van der Waals surface area contributed by atoms with Crippen molar-refractivity contribution in [2.45, 2.75) is 37.5 Å². The fourth-order valence-corrected chi connectivity index (χ4v) is 3.15. The van der Waals surface area contributed by atoms with Gasteiger partial charge in [-0.3, -0.25) is 0 Å². The van der Waals surface area contributed by atoms with E-state index >= 15 is 0 Å². The molecule has 2 atom stereocenters. The molecule has 0 N–H and O–H groups in total. The summed E-state index contributed by atoms with van der Waals surface area (Å²) in [4.78, 5) is 0. The Morgan fingerprint density at radius 3 is 2.88 bits per heavy atom. The molecule has 2 unspecified atom stereocenters. The third kappa shape index (κ3) is 3.21. The molecule has 16 heavy (non-hydrogen) atoms. The number of hydrogen-bond acceptors (Lipinski definition) is 0. The number of benzene rings is 1. The molecule has 1 aromatic rings. The molecule has 0 amide bonds. The van der Waals surface area contributed by atoms with Crippen molar-refractivity contribution in [3.8, 4) is 0 Å². The Kier molecular flexibility index (Phi) is 4.26. The Labute approximate surface area is 109 Å². The van der Waals surface area contributed by atoms with Crippen LogP contribution in [-0.2, 0) is 6.42 Å². The normalized spacial score (nSPS) is 25.7. The molecule has 1 saturated carbocycles. The van der Waals surface area contributed by atoms with Crippen LogP contribution in [0.25, 0.3) is 0 Å². The molecule has 0 aromatic heterocycles. The van der Waals surface area contributed by atoms with E-state index < -0.39 is 0 Å². The van der Waals surface area contributed by atoms with Gasteiger partial charge in [-0.25, -0.2) is 4.39 Å². The zero-order chi connectivity index (χ0) is 11.5. The number of hydrogen-bond donors (Lipinski definition) is 0. The summed E-state index contributed by atoms with van der Waals surface area (Å²) in [5.74, 6) is 0.443. The molecule has 0 radical (unpaired) electrons. The maximum absolute atomic E-state index is 13.6. The number of alkyl halides is 1. The molecule has 1 aliphatic rings. The minimum absolute atomic E-state index is 0.105. The van der Waals surface area contributed by atoms with E-state index in [9.17, 15) is 4.39 Å². The second-order valence-corrected chi connectivity index (χ2v) is 6.10. The van der Waals surface area contributed by atoms with Crippen LogP contribution in [0, 0.1) is 11.7 Å². The van der Waals surface area contributed by atoms with Crippen LogP contribution in [-0.4, -0.2) is 5.38 Å². The van der Waals surface area contributed by atoms with Crippen molar-refractivity contribution in [1.82, 2.24) is 0 Å². The summed E-state index contributed by atoms with van der Waals surface area (Å²) in [5, 5.41) is 0.289. The van der Waals surface area contributed by atoms with Gasteiger partial charge in [0.05, 0.1) is 0 Å². The van der Waals surface area contributed by atoms with E-state index in [-0.39, 0.29) is 11.2 Å². The topological polar surface area (TPSA) is 0 Å². The highest BCUT2D eigenvalue weighted by Gasteiger charge is 2.21. The summed E-state index contributed by atoms with van der Waals surface area (Å²) in [5.41, 5.74) is 0.818. The molecule has 1 aromatic carbocycles. The fourth-order valence-electron chi connectivity index (χ4n) is 2.41. The summed E-state index contributed by atoms with van der Waals surface area (Å²) in [7, 11) is 0. The quantitative estimate of drug-likeness (QED) is 0.680. The van der Waals surface area contributed by atoms with Gasteiger partial charge in [0.25, 0.3) is 0 Å². The smallest absolute Gasteiger partial charge is 0.127 e. The van der Waals surface area contributed by atoms with Crippen LogP contribution in [0.4, 0.5) is 4.39 Å². The Balaban J connectivity index is 2.02. The predicted molar refractivity (Wildman–Crippen MR) is 69.4 cm³/mol. The average Bonchev–Trinajstić information content (AvgIpc) is 2.22. The van der Waals surface area contributed by atoms with Crippen LogP contribution in [0.1, 0.15) is 31.2 Å². The van der Waals surface area contributed by atoms with E-state index in [0.717, 1.165) is 29.3 Å². The Morgan fingerprint density at radius 1 is 1.38 bits per heavy atom. The monoisotopic (exact) mass is 304 g/mol. The van der Waals surface area contributed by atoms with Crippen LogP contribution in [0.3, 0.4) is 0 Å². The van der Waals surface area contributed by atoms with Gasteiger partial charge < -0.3 is 0 Å². The van der Waals surface area contributed by atoms with Gasteiger partial charge in [-0.1, -0.05) is 34.8 Å². The maximum atomic E-state index is 13.6. The zero-order valence-corrected chi connectivity index (χ0v) is 11.4. The Bertz CT molecular complexity index is 367. The molecule has 0 aliphatic heterocycles. The van der Waals surface area contributed by atoms with Crippen LogP contribution in [0.15, 0.2) is 22.7 Å². The fraction of sp³-hybridized carbons (Fsp3) is 0.538. The van der Waals surface area contributed by atoms with E-state index in [4.69, 9.17) is 11.6 Å². The molecular formula is C13H15BrClF. The second kappa shape index (κ2) is 5.50. The van der Waals surface area contributed by atoms with Gasteiger partial charge in [0.15, 0.2) is 0 Å². The molecular weight excluding hydrogens is 290 g/mol.